The van der Waals surface area contributed by atoms with E-state index in [1.54, 1.807) is 0 Å². The van der Waals surface area contributed by atoms with Crippen LogP contribution < -0.4 is 5.32 Å². The van der Waals surface area contributed by atoms with Crippen LogP contribution in [0.4, 0.5) is 5.69 Å². The summed E-state index contributed by atoms with van der Waals surface area (Å²) in [4.78, 5) is 11.0. The van der Waals surface area contributed by atoms with Gasteiger partial charge in [0.2, 0.25) is 0 Å². The zero-order chi connectivity index (χ0) is 19.5. The van der Waals surface area contributed by atoms with E-state index in [0.29, 0.717) is 12.2 Å². The molecule has 0 bridgehead atoms. The van der Waals surface area contributed by atoms with Gasteiger partial charge in [0.05, 0.1) is 11.3 Å². The lowest BCUT2D eigenvalue weighted by Gasteiger charge is -2.08. The maximum Gasteiger partial charge on any atom is 0.335 e. The van der Waals surface area contributed by atoms with Crippen LogP contribution in [0, 0.1) is 0 Å². The molecule has 3 N–H and O–H groups in total. The first-order valence-corrected chi connectivity index (χ1v) is 9.04. The number of aromatic carboxylic acids is 1. The Kier molecular flexibility index (Phi) is 9.27. The quantitative estimate of drug-likeness (QED) is 0.359. The van der Waals surface area contributed by atoms with Crippen LogP contribution >= 0.6 is 0 Å². The van der Waals surface area contributed by atoms with Crippen molar-refractivity contribution in [1.29, 1.82) is 0 Å². The molecule has 0 radical (unpaired) electrons. The van der Waals surface area contributed by atoms with Crippen LogP contribution in [0.2, 0.25) is 0 Å². The number of benzene rings is 1. The van der Waals surface area contributed by atoms with Gasteiger partial charge in [0, 0.05) is 6.54 Å². The monoisotopic (exact) mass is 357 g/mol. The summed E-state index contributed by atoms with van der Waals surface area (Å²) >= 11 is 0. The fourth-order valence-electron chi connectivity index (χ4n) is 2.48. The van der Waals surface area contributed by atoms with Gasteiger partial charge in [-0.2, -0.15) is 0 Å². The van der Waals surface area contributed by atoms with Crippen molar-refractivity contribution in [2.24, 2.45) is 0 Å². The van der Waals surface area contributed by atoms with Gasteiger partial charge in [0.1, 0.15) is 5.75 Å². The van der Waals surface area contributed by atoms with E-state index < -0.39 is 5.97 Å². The first-order chi connectivity index (χ1) is 12.3. The second-order valence-corrected chi connectivity index (χ2v) is 6.88. The van der Waals surface area contributed by atoms with Crippen molar-refractivity contribution in [3.05, 3.63) is 58.7 Å². The Balaban J connectivity index is 2.44. The van der Waals surface area contributed by atoms with Gasteiger partial charge in [-0.25, -0.2) is 4.79 Å². The molecule has 0 atom stereocenters. The second kappa shape index (κ2) is 11.2. The predicted octanol–water partition coefficient (Wildman–Crippen LogP) is 5.92. The molecule has 1 rings (SSSR count). The van der Waals surface area contributed by atoms with Crippen LogP contribution in [0.1, 0.15) is 63.7 Å². The molecular weight excluding hydrogens is 326 g/mol. The van der Waals surface area contributed by atoms with Crippen molar-refractivity contribution in [3.8, 4) is 5.75 Å². The summed E-state index contributed by atoms with van der Waals surface area (Å²) in [6.07, 6.45) is 10.8. The number of carbonyl (C=O) groups is 1. The first-order valence-electron chi connectivity index (χ1n) is 9.04. The highest BCUT2D eigenvalue weighted by atomic mass is 16.4. The molecule has 0 unspecified atom stereocenters. The van der Waals surface area contributed by atoms with E-state index in [1.165, 1.54) is 34.9 Å². The Bertz CT molecular complexity index is 695. The molecule has 0 fully saturated rings. The molecule has 0 aromatic heterocycles. The van der Waals surface area contributed by atoms with E-state index >= 15 is 0 Å². The minimum Gasteiger partial charge on any atom is -0.506 e. The van der Waals surface area contributed by atoms with Gasteiger partial charge >= 0.3 is 5.97 Å². The highest BCUT2D eigenvalue weighted by Gasteiger charge is 2.06. The number of phenolic OH excluding ortho intramolecular Hbond substituents is 1. The summed E-state index contributed by atoms with van der Waals surface area (Å²) in [7, 11) is 0. The SMILES string of the molecule is CC(C)=CCC/C(C)=C/CC/C(C)=C/CNc1cc(C(=O)O)ccc1O. The topological polar surface area (TPSA) is 69.6 Å². The fraction of sp³-hybridized carbons (Fsp3) is 0.409. The van der Waals surface area contributed by atoms with Crippen LogP contribution in [0.25, 0.3) is 0 Å². The van der Waals surface area contributed by atoms with Gasteiger partial charge in [0.15, 0.2) is 0 Å². The van der Waals surface area contributed by atoms with Crippen molar-refractivity contribution in [3.63, 3.8) is 0 Å². The minimum atomic E-state index is -1.01. The summed E-state index contributed by atoms with van der Waals surface area (Å²) in [6.45, 7) is 9.06. The average Bonchev–Trinajstić information content (AvgIpc) is 2.56. The van der Waals surface area contributed by atoms with Crippen LogP contribution in [0.5, 0.6) is 5.75 Å². The molecule has 0 aliphatic heterocycles. The minimum absolute atomic E-state index is 0.0518. The van der Waals surface area contributed by atoms with E-state index in [2.05, 4.69) is 51.2 Å². The molecule has 142 valence electrons. The number of hydrogen-bond acceptors (Lipinski definition) is 3. The van der Waals surface area contributed by atoms with Gasteiger partial charge in [-0.05, 0) is 71.6 Å². The summed E-state index contributed by atoms with van der Waals surface area (Å²) in [5.74, 6) is -0.956. The number of aromatic hydroxyl groups is 1. The summed E-state index contributed by atoms with van der Waals surface area (Å²) < 4.78 is 0. The van der Waals surface area contributed by atoms with Crippen LogP contribution in [-0.2, 0) is 0 Å². The smallest absolute Gasteiger partial charge is 0.335 e. The highest BCUT2D eigenvalue weighted by Crippen LogP contribution is 2.24. The third-order valence-electron chi connectivity index (χ3n) is 4.11. The molecule has 4 nitrogen and oxygen atoms in total. The number of phenols is 1. The number of rotatable bonds is 10. The maximum absolute atomic E-state index is 11.0. The van der Waals surface area contributed by atoms with Crippen molar-refractivity contribution in [1.82, 2.24) is 0 Å². The molecule has 1 aromatic carbocycles. The number of allylic oxidation sites excluding steroid dienone is 5. The van der Waals surface area contributed by atoms with E-state index in [0.717, 1.165) is 25.7 Å². The first kappa shape index (κ1) is 21.6. The van der Waals surface area contributed by atoms with Crippen molar-refractivity contribution < 1.29 is 15.0 Å². The number of hydrogen-bond donors (Lipinski definition) is 3. The Hall–Kier alpha value is -2.49. The van der Waals surface area contributed by atoms with Gasteiger partial charge in [-0.15, -0.1) is 0 Å². The lowest BCUT2D eigenvalue weighted by molar-refractivity contribution is 0.0697. The van der Waals surface area contributed by atoms with E-state index in [-0.39, 0.29) is 11.3 Å². The lowest BCUT2D eigenvalue weighted by atomic mass is 10.1. The normalized spacial score (nSPS) is 12.0. The molecule has 0 aliphatic rings. The molecule has 0 amide bonds. The lowest BCUT2D eigenvalue weighted by Crippen LogP contribution is -2.02. The number of carboxylic acid groups (broad SMARTS) is 1. The standard InChI is InChI=1S/C22H31NO3/c1-16(2)7-5-8-17(3)9-6-10-18(4)13-14-23-20-15-19(22(25)26)11-12-21(20)24/h7,9,11-13,15,23-24H,5-6,8,10,14H2,1-4H3,(H,25,26)/b17-9+,18-13+. The van der Waals surface area contributed by atoms with Crippen molar-refractivity contribution in [2.45, 2.75) is 53.4 Å². The maximum atomic E-state index is 11.0. The molecule has 0 spiro atoms. The largest absolute Gasteiger partial charge is 0.506 e. The van der Waals surface area contributed by atoms with Gasteiger partial charge < -0.3 is 15.5 Å². The van der Waals surface area contributed by atoms with Crippen molar-refractivity contribution in [2.75, 3.05) is 11.9 Å². The highest BCUT2D eigenvalue weighted by molar-refractivity contribution is 5.89. The number of carboxylic acids is 1. The van der Waals surface area contributed by atoms with Gasteiger partial charge in [-0.1, -0.05) is 34.9 Å². The molecule has 1 aromatic rings. The molecule has 4 heteroatoms. The molecule has 0 saturated carbocycles. The van der Waals surface area contributed by atoms with E-state index in [1.807, 2.05) is 0 Å². The number of nitrogens with one attached hydrogen (secondary N) is 1. The molecule has 0 heterocycles. The van der Waals surface area contributed by atoms with Crippen LogP contribution in [-0.4, -0.2) is 22.7 Å². The Morgan fingerprint density at radius 1 is 1.00 bits per heavy atom. The molecular formula is C22H31NO3. The Morgan fingerprint density at radius 2 is 1.62 bits per heavy atom. The van der Waals surface area contributed by atoms with Crippen LogP contribution in [0.15, 0.2) is 53.1 Å². The Morgan fingerprint density at radius 3 is 2.23 bits per heavy atom. The third-order valence-corrected chi connectivity index (χ3v) is 4.11. The van der Waals surface area contributed by atoms with Crippen molar-refractivity contribution >= 4 is 11.7 Å². The molecule has 0 aliphatic carbocycles. The molecule has 26 heavy (non-hydrogen) atoms. The van der Waals surface area contributed by atoms with Gasteiger partial charge in [0.25, 0.3) is 0 Å². The summed E-state index contributed by atoms with van der Waals surface area (Å²) in [5.41, 5.74) is 4.64. The molecule has 0 saturated heterocycles. The summed E-state index contributed by atoms with van der Waals surface area (Å²) in [5, 5.41) is 21.9. The van der Waals surface area contributed by atoms with E-state index in [9.17, 15) is 9.90 Å². The zero-order valence-electron chi connectivity index (χ0n) is 16.3. The second-order valence-electron chi connectivity index (χ2n) is 6.88. The third kappa shape index (κ3) is 8.56. The summed E-state index contributed by atoms with van der Waals surface area (Å²) in [6, 6.07) is 4.22. The predicted molar refractivity (Wildman–Crippen MR) is 109 cm³/mol. The van der Waals surface area contributed by atoms with Gasteiger partial charge in [-0.3, -0.25) is 0 Å². The average molecular weight is 357 g/mol. The van der Waals surface area contributed by atoms with Crippen LogP contribution in [0.3, 0.4) is 0 Å². The zero-order valence-corrected chi connectivity index (χ0v) is 16.3. The number of anilines is 1. The Labute approximate surface area is 157 Å². The van der Waals surface area contributed by atoms with E-state index in [4.69, 9.17) is 5.11 Å². The fourth-order valence-corrected chi connectivity index (χ4v) is 2.48.